The Balaban J connectivity index is 1.36. The van der Waals surface area contributed by atoms with E-state index in [1.54, 1.807) is 30.0 Å². The second-order valence-corrected chi connectivity index (χ2v) is 12.5. The lowest BCUT2D eigenvalue weighted by Crippen LogP contribution is -2.36. The van der Waals surface area contributed by atoms with Gasteiger partial charge in [-0.05, 0) is 66.3 Å². The van der Waals surface area contributed by atoms with Gasteiger partial charge in [0.1, 0.15) is 11.5 Å². The van der Waals surface area contributed by atoms with Gasteiger partial charge in [0.15, 0.2) is 0 Å². The second kappa shape index (κ2) is 14.3. The number of halogens is 5. The number of thioether (sulfide) groups is 2. The maximum Gasteiger partial charge on any atom is 0.453 e. The molecule has 3 rings (SSSR count). The first-order valence-electron chi connectivity index (χ1n) is 13.3. The molecule has 1 aliphatic heterocycles. The minimum atomic E-state index is -5.48. The molecule has 0 bridgehead atoms. The van der Waals surface area contributed by atoms with E-state index in [0.717, 1.165) is 42.8 Å². The van der Waals surface area contributed by atoms with Crippen molar-refractivity contribution in [2.75, 3.05) is 30.5 Å². The molecule has 0 unspecified atom stereocenters. The molecular formula is C29H37F5O3S2. The molecule has 10 heteroatoms. The number of phenolic OH excluding ortho intramolecular Hbond substituents is 2. The molecule has 3 nitrogen and oxygen atoms in total. The highest BCUT2D eigenvalue weighted by Gasteiger charge is 2.56. The summed E-state index contributed by atoms with van der Waals surface area (Å²) in [4.78, 5) is 1.12. The summed E-state index contributed by atoms with van der Waals surface area (Å²) in [6.45, 7) is 3.33. The minimum absolute atomic E-state index is 0.105. The second-order valence-electron chi connectivity index (χ2n) is 10.3. The highest BCUT2D eigenvalue weighted by Crippen LogP contribution is 2.52. The van der Waals surface area contributed by atoms with Gasteiger partial charge < -0.3 is 14.9 Å². The Bertz CT molecular complexity index is 1030. The lowest BCUT2D eigenvalue weighted by molar-refractivity contribution is -0.284. The topological polar surface area (TPSA) is 49.7 Å². The van der Waals surface area contributed by atoms with Crippen LogP contribution in [-0.2, 0) is 10.2 Å². The zero-order valence-corrected chi connectivity index (χ0v) is 23.7. The van der Waals surface area contributed by atoms with Crippen LogP contribution in [0.25, 0.3) is 0 Å². The van der Waals surface area contributed by atoms with Gasteiger partial charge in [0.2, 0.25) is 0 Å². The van der Waals surface area contributed by atoms with E-state index >= 15 is 0 Å². The fraction of sp³-hybridized carbons (Fsp3) is 0.586. The van der Waals surface area contributed by atoms with Gasteiger partial charge in [0, 0.05) is 34.8 Å². The number of rotatable bonds is 15. The smallest absolute Gasteiger partial charge is 0.453 e. The van der Waals surface area contributed by atoms with Gasteiger partial charge in [0.25, 0.3) is 0 Å². The summed E-state index contributed by atoms with van der Waals surface area (Å²) in [6, 6.07) is 13.1. The fourth-order valence-electron chi connectivity index (χ4n) is 4.97. The Morgan fingerprint density at radius 1 is 0.897 bits per heavy atom. The molecule has 0 amide bonds. The predicted molar refractivity (Wildman–Crippen MR) is 148 cm³/mol. The first-order chi connectivity index (χ1) is 18.4. The van der Waals surface area contributed by atoms with E-state index in [2.05, 4.69) is 6.92 Å². The van der Waals surface area contributed by atoms with E-state index in [4.69, 9.17) is 4.74 Å². The summed E-state index contributed by atoms with van der Waals surface area (Å²) in [6.07, 6.45) is -1.82. The molecule has 0 spiro atoms. The molecule has 0 aromatic heterocycles. The van der Waals surface area contributed by atoms with Crippen LogP contribution in [0.5, 0.6) is 11.5 Å². The maximum absolute atomic E-state index is 12.9. The van der Waals surface area contributed by atoms with E-state index in [9.17, 15) is 32.2 Å². The van der Waals surface area contributed by atoms with Crippen LogP contribution in [0.1, 0.15) is 68.9 Å². The van der Waals surface area contributed by atoms with Gasteiger partial charge >= 0.3 is 12.1 Å². The van der Waals surface area contributed by atoms with Crippen molar-refractivity contribution >= 4 is 23.5 Å². The molecule has 2 aromatic carbocycles. The van der Waals surface area contributed by atoms with E-state index in [1.807, 2.05) is 24.3 Å². The summed E-state index contributed by atoms with van der Waals surface area (Å²) < 4.78 is 67.8. The Labute approximate surface area is 235 Å². The zero-order valence-electron chi connectivity index (χ0n) is 22.1. The highest BCUT2D eigenvalue weighted by atomic mass is 32.2. The lowest BCUT2D eigenvalue weighted by atomic mass is 9.68. The van der Waals surface area contributed by atoms with Crippen molar-refractivity contribution in [1.82, 2.24) is 0 Å². The average Bonchev–Trinajstić information content (AvgIpc) is 2.87. The van der Waals surface area contributed by atoms with Crippen molar-refractivity contribution in [3.8, 4) is 11.5 Å². The molecule has 0 radical (unpaired) electrons. The first kappa shape index (κ1) is 31.9. The largest absolute Gasteiger partial charge is 0.508 e. The summed E-state index contributed by atoms with van der Waals surface area (Å²) in [5.41, 5.74) is 2.34. The number of aromatic hydroxyl groups is 2. The average molecular weight is 593 g/mol. The Morgan fingerprint density at radius 3 is 2.31 bits per heavy atom. The van der Waals surface area contributed by atoms with E-state index in [0.29, 0.717) is 19.0 Å². The third kappa shape index (κ3) is 8.92. The molecule has 2 aromatic rings. The van der Waals surface area contributed by atoms with Crippen LogP contribution in [-0.4, -0.2) is 52.8 Å². The van der Waals surface area contributed by atoms with Crippen molar-refractivity contribution in [1.29, 1.82) is 0 Å². The van der Waals surface area contributed by atoms with Crippen LogP contribution < -0.4 is 0 Å². The molecule has 1 heterocycles. The number of hydrogen-bond donors (Lipinski definition) is 2. The van der Waals surface area contributed by atoms with Gasteiger partial charge in [-0.15, -0.1) is 11.8 Å². The number of phenols is 2. The normalized spacial score (nSPS) is 19.7. The van der Waals surface area contributed by atoms with Crippen molar-refractivity contribution in [3.63, 3.8) is 0 Å². The molecule has 2 atom stereocenters. The molecule has 0 saturated heterocycles. The third-order valence-electron chi connectivity index (χ3n) is 7.29. The Hall–Kier alpha value is -1.65. The van der Waals surface area contributed by atoms with Crippen LogP contribution in [0.3, 0.4) is 0 Å². The molecule has 39 heavy (non-hydrogen) atoms. The standard InChI is InChI=1S/C29H37F5O3S2/c1-27(21-8-10-22(35)11-9-21)20-39-26-19-23(36)12-13-24(26)25(27)7-4-2-3-5-15-37-16-18-38-17-6-14-28(30,31)29(32,33)34/h8-13,19,25,35-36H,2-7,14-18,20H2,1H3/t25-,27-/m1/s1. The number of unbranched alkanes of at least 4 members (excludes halogenated alkanes) is 3. The summed E-state index contributed by atoms with van der Waals surface area (Å²) in [7, 11) is 0. The van der Waals surface area contributed by atoms with Crippen molar-refractivity contribution < 1.29 is 36.9 Å². The quantitative estimate of drug-likeness (QED) is 0.160. The van der Waals surface area contributed by atoms with Gasteiger partial charge in [-0.2, -0.15) is 33.7 Å². The molecule has 1 aliphatic rings. The van der Waals surface area contributed by atoms with Gasteiger partial charge in [-0.25, -0.2) is 0 Å². The number of alkyl halides is 5. The van der Waals surface area contributed by atoms with Gasteiger partial charge in [-0.3, -0.25) is 0 Å². The number of fused-ring (bicyclic) bond motifs is 1. The van der Waals surface area contributed by atoms with Crippen LogP contribution >= 0.6 is 23.5 Å². The molecule has 0 aliphatic carbocycles. The van der Waals surface area contributed by atoms with Crippen molar-refractivity contribution in [2.24, 2.45) is 0 Å². The maximum atomic E-state index is 12.9. The van der Waals surface area contributed by atoms with Crippen LogP contribution in [0.2, 0.25) is 0 Å². The van der Waals surface area contributed by atoms with Gasteiger partial charge in [0.05, 0.1) is 6.61 Å². The molecule has 2 N–H and O–H groups in total. The summed E-state index contributed by atoms with van der Waals surface area (Å²) in [5, 5.41) is 19.7. The van der Waals surface area contributed by atoms with Crippen LogP contribution in [0.4, 0.5) is 22.0 Å². The number of hydrogen-bond acceptors (Lipinski definition) is 5. The monoisotopic (exact) mass is 592 g/mol. The van der Waals surface area contributed by atoms with E-state index in [1.165, 1.54) is 22.9 Å². The van der Waals surface area contributed by atoms with Gasteiger partial charge in [-0.1, -0.05) is 44.4 Å². The molecule has 0 saturated carbocycles. The molecule has 218 valence electrons. The van der Waals surface area contributed by atoms with E-state index in [-0.39, 0.29) is 35.0 Å². The SMILES string of the molecule is C[C@]1(c2ccc(O)cc2)CSc2cc(O)ccc2[C@H]1CCCCCCOCCSCCCC(F)(F)C(F)(F)F. The Kier molecular flexibility index (Phi) is 11.7. The van der Waals surface area contributed by atoms with Crippen molar-refractivity contribution in [2.45, 2.75) is 80.2 Å². The summed E-state index contributed by atoms with van der Waals surface area (Å²) >= 11 is 3.09. The molecule has 0 fully saturated rings. The van der Waals surface area contributed by atoms with Crippen molar-refractivity contribution in [3.05, 3.63) is 53.6 Å². The highest BCUT2D eigenvalue weighted by molar-refractivity contribution is 7.99. The van der Waals surface area contributed by atoms with E-state index < -0.39 is 18.5 Å². The lowest BCUT2D eigenvalue weighted by Gasteiger charge is -2.43. The third-order valence-corrected chi connectivity index (χ3v) is 9.73. The first-order valence-corrected chi connectivity index (χ1v) is 15.4. The number of ether oxygens (including phenoxy) is 1. The Morgan fingerprint density at radius 2 is 1.59 bits per heavy atom. The predicted octanol–water partition coefficient (Wildman–Crippen LogP) is 8.92. The van der Waals surface area contributed by atoms with Crippen LogP contribution in [0.15, 0.2) is 47.4 Å². The minimum Gasteiger partial charge on any atom is -0.508 e. The molecular weight excluding hydrogens is 555 g/mol. The van der Waals surface area contributed by atoms with Crippen LogP contribution in [0, 0.1) is 0 Å². The fourth-order valence-corrected chi connectivity index (χ4v) is 7.17. The zero-order chi connectivity index (χ0) is 28.5. The number of benzene rings is 2. The summed E-state index contributed by atoms with van der Waals surface area (Å²) in [5.74, 6) is -2.11.